The molecule has 1 aromatic heterocycles. The minimum atomic E-state index is 0.529. The summed E-state index contributed by atoms with van der Waals surface area (Å²) in [5.74, 6) is 6.59. The summed E-state index contributed by atoms with van der Waals surface area (Å²) in [6, 6.07) is 1.78. The van der Waals surface area contributed by atoms with Crippen molar-refractivity contribution >= 4 is 5.84 Å². The van der Waals surface area contributed by atoms with Crippen molar-refractivity contribution < 1.29 is 9.47 Å². The zero-order chi connectivity index (χ0) is 11.8. The predicted octanol–water partition coefficient (Wildman–Crippen LogP) is -0.0535. The van der Waals surface area contributed by atoms with Gasteiger partial charge in [0.2, 0.25) is 0 Å². The lowest BCUT2D eigenvalue weighted by molar-refractivity contribution is 0.208. The smallest absolute Gasteiger partial charge is 0.148 e. The van der Waals surface area contributed by atoms with E-state index in [0.29, 0.717) is 24.7 Å². The number of rotatable bonds is 5. The molecule has 0 spiro atoms. The first-order valence-corrected chi connectivity index (χ1v) is 4.81. The van der Waals surface area contributed by atoms with Crippen molar-refractivity contribution in [3.63, 3.8) is 0 Å². The van der Waals surface area contributed by atoms with Crippen LogP contribution in [0.5, 0.6) is 5.75 Å². The molecule has 0 aliphatic heterocycles. The van der Waals surface area contributed by atoms with Gasteiger partial charge in [0.15, 0.2) is 0 Å². The zero-order valence-electron chi connectivity index (χ0n) is 9.43. The van der Waals surface area contributed by atoms with Crippen LogP contribution in [0.15, 0.2) is 23.5 Å². The number of pyridine rings is 1. The summed E-state index contributed by atoms with van der Waals surface area (Å²) in [4.78, 5) is 8.21. The Kier molecular flexibility index (Phi) is 5.24. The number of ether oxygens (including phenoxy) is 2. The summed E-state index contributed by atoms with van der Waals surface area (Å²) in [5, 5.41) is 0. The van der Waals surface area contributed by atoms with Crippen molar-refractivity contribution in [3.8, 4) is 5.75 Å². The van der Waals surface area contributed by atoms with Crippen LogP contribution in [-0.2, 0) is 4.74 Å². The maximum absolute atomic E-state index is 5.41. The number of hydrazine groups is 1. The highest BCUT2D eigenvalue weighted by Gasteiger charge is 2.08. The quantitative estimate of drug-likeness (QED) is 0.241. The third-order valence-corrected chi connectivity index (χ3v) is 1.96. The SMILES string of the molecule is COCCN=C(NN)c1ccncc1OC. The first-order valence-electron chi connectivity index (χ1n) is 4.81. The lowest BCUT2D eigenvalue weighted by atomic mass is 10.2. The molecule has 16 heavy (non-hydrogen) atoms. The Morgan fingerprint density at radius 2 is 2.38 bits per heavy atom. The van der Waals surface area contributed by atoms with E-state index in [1.165, 1.54) is 0 Å². The van der Waals surface area contributed by atoms with E-state index in [1.807, 2.05) is 0 Å². The lowest BCUT2D eigenvalue weighted by Gasteiger charge is -2.09. The molecule has 1 heterocycles. The van der Waals surface area contributed by atoms with Gasteiger partial charge < -0.3 is 14.9 Å². The fraction of sp³-hybridized carbons (Fsp3) is 0.400. The van der Waals surface area contributed by atoms with Crippen molar-refractivity contribution in [1.82, 2.24) is 10.4 Å². The molecule has 1 rings (SSSR count). The minimum absolute atomic E-state index is 0.529. The zero-order valence-corrected chi connectivity index (χ0v) is 9.43. The van der Waals surface area contributed by atoms with E-state index in [9.17, 15) is 0 Å². The molecule has 88 valence electrons. The Morgan fingerprint density at radius 3 is 3.00 bits per heavy atom. The van der Waals surface area contributed by atoms with Gasteiger partial charge in [-0.15, -0.1) is 0 Å². The molecular formula is C10H16N4O2. The van der Waals surface area contributed by atoms with Crippen LogP contribution in [0.2, 0.25) is 0 Å². The van der Waals surface area contributed by atoms with Gasteiger partial charge in [-0.25, -0.2) is 5.84 Å². The molecule has 0 saturated heterocycles. The van der Waals surface area contributed by atoms with Gasteiger partial charge in [-0.3, -0.25) is 9.98 Å². The summed E-state index contributed by atoms with van der Waals surface area (Å²) in [7, 11) is 3.20. The van der Waals surface area contributed by atoms with Crippen LogP contribution >= 0.6 is 0 Å². The van der Waals surface area contributed by atoms with Gasteiger partial charge in [-0.05, 0) is 6.07 Å². The number of nitrogens with two attached hydrogens (primary N) is 1. The minimum Gasteiger partial charge on any atom is -0.494 e. The molecule has 1 aromatic rings. The predicted molar refractivity (Wildman–Crippen MR) is 61.4 cm³/mol. The molecule has 0 amide bonds. The van der Waals surface area contributed by atoms with Crippen LogP contribution in [0, 0.1) is 0 Å². The Morgan fingerprint density at radius 1 is 1.56 bits per heavy atom. The van der Waals surface area contributed by atoms with Crippen LogP contribution < -0.4 is 16.0 Å². The van der Waals surface area contributed by atoms with Crippen LogP contribution in [0.3, 0.4) is 0 Å². The first kappa shape index (κ1) is 12.4. The second kappa shape index (κ2) is 6.76. The van der Waals surface area contributed by atoms with E-state index >= 15 is 0 Å². The molecule has 0 bridgehead atoms. The topological polar surface area (TPSA) is 81.8 Å². The number of aliphatic imine (C=N–C) groups is 1. The van der Waals surface area contributed by atoms with Gasteiger partial charge in [0.1, 0.15) is 11.6 Å². The van der Waals surface area contributed by atoms with Crippen molar-refractivity contribution in [2.45, 2.75) is 0 Å². The summed E-state index contributed by atoms with van der Waals surface area (Å²) in [6.45, 7) is 1.07. The van der Waals surface area contributed by atoms with E-state index in [-0.39, 0.29) is 0 Å². The van der Waals surface area contributed by atoms with E-state index in [4.69, 9.17) is 15.3 Å². The van der Waals surface area contributed by atoms with E-state index in [0.717, 1.165) is 5.56 Å². The van der Waals surface area contributed by atoms with Crippen LogP contribution in [0.25, 0.3) is 0 Å². The number of nitrogens with one attached hydrogen (secondary N) is 1. The van der Waals surface area contributed by atoms with Gasteiger partial charge in [-0.1, -0.05) is 0 Å². The van der Waals surface area contributed by atoms with Gasteiger partial charge in [0.05, 0.1) is 32.0 Å². The Bertz CT molecular complexity index is 354. The van der Waals surface area contributed by atoms with Crippen molar-refractivity contribution in [3.05, 3.63) is 24.0 Å². The molecular weight excluding hydrogens is 208 g/mol. The molecule has 6 heteroatoms. The summed E-state index contributed by atoms with van der Waals surface area (Å²) < 4.78 is 10.1. The number of methoxy groups -OCH3 is 2. The van der Waals surface area contributed by atoms with Crippen molar-refractivity contribution in [1.29, 1.82) is 0 Å². The highest BCUT2D eigenvalue weighted by Crippen LogP contribution is 2.15. The summed E-state index contributed by atoms with van der Waals surface area (Å²) in [6.07, 6.45) is 3.26. The number of aromatic nitrogens is 1. The van der Waals surface area contributed by atoms with Gasteiger partial charge >= 0.3 is 0 Å². The third-order valence-electron chi connectivity index (χ3n) is 1.96. The van der Waals surface area contributed by atoms with Crippen LogP contribution in [-0.4, -0.2) is 38.2 Å². The number of hydrogen-bond donors (Lipinski definition) is 2. The Labute approximate surface area is 94.5 Å². The molecule has 0 aliphatic carbocycles. The molecule has 0 fully saturated rings. The number of hydrogen-bond acceptors (Lipinski definition) is 5. The van der Waals surface area contributed by atoms with E-state index in [1.54, 1.807) is 32.7 Å². The average molecular weight is 224 g/mol. The molecule has 0 aliphatic rings. The number of nitrogens with zero attached hydrogens (tertiary/aromatic N) is 2. The fourth-order valence-corrected chi connectivity index (χ4v) is 1.20. The van der Waals surface area contributed by atoms with Crippen molar-refractivity contribution in [2.24, 2.45) is 10.8 Å². The molecule has 0 unspecified atom stereocenters. The van der Waals surface area contributed by atoms with Crippen molar-refractivity contribution in [2.75, 3.05) is 27.4 Å². The largest absolute Gasteiger partial charge is 0.494 e. The third kappa shape index (κ3) is 3.18. The Balaban J connectivity index is 2.89. The second-order valence-electron chi connectivity index (χ2n) is 2.94. The molecule has 0 aromatic carbocycles. The second-order valence-corrected chi connectivity index (χ2v) is 2.94. The Hall–Kier alpha value is -1.66. The molecule has 0 radical (unpaired) electrons. The van der Waals surface area contributed by atoms with Crippen LogP contribution in [0.4, 0.5) is 0 Å². The standard InChI is InChI=1S/C10H16N4O2/c1-15-6-5-13-10(14-11)8-3-4-12-7-9(8)16-2/h3-4,7H,5-6,11H2,1-2H3,(H,13,14). The van der Waals surface area contributed by atoms with Crippen LogP contribution in [0.1, 0.15) is 5.56 Å². The fourth-order valence-electron chi connectivity index (χ4n) is 1.20. The monoisotopic (exact) mass is 224 g/mol. The van der Waals surface area contributed by atoms with E-state index < -0.39 is 0 Å². The summed E-state index contributed by atoms with van der Waals surface area (Å²) in [5.41, 5.74) is 3.31. The van der Waals surface area contributed by atoms with Gasteiger partial charge in [-0.2, -0.15) is 0 Å². The maximum Gasteiger partial charge on any atom is 0.148 e. The van der Waals surface area contributed by atoms with Gasteiger partial charge in [0.25, 0.3) is 0 Å². The average Bonchev–Trinajstić information content (AvgIpc) is 2.35. The molecule has 6 nitrogen and oxygen atoms in total. The molecule has 0 saturated carbocycles. The first-order chi connectivity index (χ1) is 7.83. The highest BCUT2D eigenvalue weighted by atomic mass is 16.5. The molecule has 0 atom stereocenters. The molecule has 3 N–H and O–H groups in total. The maximum atomic E-state index is 5.41. The van der Waals surface area contributed by atoms with Gasteiger partial charge in [0, 0.05) is 13.3 Å². The lowest BCUT2D eigenvalue weighted by Crippen LogP contribution is -2.32. The van der Waals surface area contributed by atoms with E-state index in [2.05, 4.69) is 15.4 Å². The normalized spacial score (nSPS) is 11.3. The highest BCUT2D eigenvalue weighted by molar-refractivity contribution is 6.00. The number of amidine groups is 1. The summed E-state index contributed by atoms with van der Waals surface area (Å²) >= 11 is 0.